The van der Waals surface area contributed by atoms with Crippen molar-refractivity contribution >= 4 is 45.6 Å². The quantitative estimate of drug-likeness (QED) is 0.387. The summed E-state index contributed by atoms with van der Waals surface area (Å²) in [4.78, 5) is 20.6. The third kappa shape index (κ3) is 5.78. The minimum atomic E-state index is -1.31. The van der Waals surface area contributed by atoms with E-state index in [2.05, 4.69) is 22.3 Å². The van der Waals surface area contributed by atoms with E-state index in [9.17, 15) is 9.00 Å². The monoisotopic (exact) mass is 571 g/mol. The zero-order valence-corrected chi connectivity index (χ0v) is 24.6. The highest BCUT2D eigenvalue weighted by atomic mass is 35.5. The maximum absolute atomic E-state index is 13.8. The number of likely N-dealkylation sites (tertiary alicyclic amines) is 1. The summed E-state index contributed by atoms with van der Waals surface area (Å²) in [7, 11) is -1.31. The van der Waals surface area contributed by atoms with Crippen LogP contribution in [0.1, 0.15) is 73.6 Å². The molecule has 210 valence electrons. The highest BCUT2D eigenvalue weighted by molar-refractivity contribution is 7.85. The lowest BCUT2D eigenvalue weighted by Crippen LogP contribution is -2.39. The van der Waals surface area contributed by atoms with Gasteiger partial charge in [0.2, 0.25) is 0 Å². The van der Waals surface area contributed by atoms with Crippen LogP contribution >= 0.6 is 11.6 Å². The second-order valence-electron chi connectivity index (χ2n) is 10.5. The topological polar surface area (TPSA) is 104 Å². The smallest absolute Gasteiger partial charge is 0.256 e. The number of nitrogens with zero attached hydrogens (tertiary/aromatic N) is 4. The van der Waals surface area contributed by atoms with E-state index in [1.807, 2.05) is 35.5 Å². The summed E-state index contributed by atoms with van der Waals surface area (Å²) in [6.07, 6.45) is 8.68. The van der Waals surface area contributed by atoms with Gasteiger partial charge in [-0.3, -0.25) is 4.79 Å². The number of aryl methyl sites for hydroxylation is 1. The molecule has 39 heavy (non-hydrogen) atoms. The molecule has 3 fully saturated rings. The van der Waals surface area contributed by atoms with Crippen LogP contribution in [0.5, 0.6) is 0 Å². The van der Waals surface area contributed by atoms with E-state index in [0.29, 0.717) is 40.8 Å². The Balaban J connectivity index is 0.00000151. The normalized spacial score (nSPS) is 24.8. The van der Waals surface area contributed by atoms with Crippen molar-refractivity contribution in [3.05, 3.63) is 52.3 Å². The standard InChI is InChI=1S/C26H32ClN7O2S.C2H6/c1-15-14-34-24(30-25(15)29-21-11-18-9-16(21)13-28-18)12-22(31-34)23-5-3-4-8-33(23)26(35)19-10-17(27)6-7-20(19)32-37(2)36;1-2/h6-7,10,12,14,16,18,21,23,28,32H,3-5,8-9,11,13H2,1-2H3,(H,29,30);1-2H3. The number of piperidine rings is 2. The Morgan fingerprint density at radius 1 is 1.21 bits per heavy atom. The first-order chi connectivity index (χ1) is 18.9. The van der Waals surface area contributed by atoms with Crippen molar-refractivity contribution in [3.63, 3.8) is 0 Å². The van der Waals surface area contributed by atoms with Crippen molar-refractivity contribution in [2.24, 2.45) is 5.92 Å². The van der Waals surface area contributed by atoms with Crippen LogP contribution in [0.3, 0.4) is 0 Å². The van der Waals surface area contributed by atoms with Crippen LogP contribution < -0.4 is 15.4 Å². The summed E-state index contributed by atoms with van der Waals surface area (Å²) in [5, 5.41) is 12.6. The zero-order chi connectivity index (χ0) is 27.7. The van der Waals surface area contributed by atoms with E-state index in [-0.39, 0.29) is 11.9 Å². The molecule has 9 nitrogen and oxygen atoms in total. The molecule has 5 atom stereocenters. The number of carbonyl (C=O) groups excluding carboxylic acids is 1. The van der Waals surface area contributed by atoms with E-state index in [1.54, 1.807) is 18.2 Å². The summed E-state index contributed by atoms with van der Waals surface area (Å²) >= 11 is 6.25. The fraction of sp³-hybridized carbons (Fsp3) is 0.536. The zero-order valence-electron chi connectivity index (χ0n) is 23.0. The predicted octanol–water partition coefficient (Wildman–Crippen LogP) is 4.95. The van der Waals surface area contributed by atoms with E-state index < -0.39 is 11.0 Å². The molecular formula is C28H38ClN7O2S. The largest absolute Gasteiger partial charge is 0.367 e. The molecule has 2 saturated heterocycles. The second kappa shape index (κ2) is 11.8. The van der Waals surface area contributed by atoms with Gasteiger partial charge < -0.3 is 20.3 Å². The van der Waals surface area contributed by atoms with Crippen LogP contribution in [-0.2, 0) is 11.0 Å². The molecular weight excluding hydrogens is 534 g/mol. The van der Waals surface area contributed by atoms with E-state index in [4.69, 9.17) is 21.7 Å². The van der Waals surface area contributed by atoms with Gasteiger partial charge in [0, 0.05) is 54.3 Å². The lowest BCUT2D eigenvalue weighted by molar-refractivity contribution is 0.0607. The lowest BCUT2D eigenvalue weighted by Gasteiger charge is -2.35. The first-order valence-electron chi connectivity index (χ1n) is 13.9. The number of fused-ring (bicyclic) bond motifs is 3. The predicted molar refractivity (Wildman–Crippen MR) is 158 cm³/mol. The molecule has 3 aliphatic rings. The molecule has 4 heterocycles. The average molecular weight is 572 g/mol. The molecule has 2 aliphatic heterocycles. The molecule has 1 amide bonds. The number of amides is 1. The summed E-state index contributed by atoms with van der Waals surface area (Å²) in [5.74, 6) is 1.42. The van der Waals surface area contributed by atoms with Gasteiger partial charge in [-0.2, -0.15) is 5.10 Å². The number of halogens is 1. The molecule has 0 spiro atoms. The Hall–Kier alpha value is -2.69. The van der Waals surface area contributed by atoms with Crippen molar-refractivity contribution in [2.45, 2.75) is 71.0 Å². The number of anilines is 2. The van der Waals surface area contributed by atoms with Crippen LogP contribution in [0, 0.1) is 12.8 Å². The van der Waals surface area contributed by atoms with Gasteiger partial charge in [0.25, 0.3) is 5.91 Å². The Kier molecular flexibility index (Phi) is 8.44. The summed E-state index contributed by atoms with van der Waals surface area (Å²) in [6, 6.07) is 7.94. The number of hydrogen-bond donors (Lipinski definition) is 3. The number of carbonyl (C=O) groups is 1. The Labute approximate surface area is 237 Å². The van der Waals surface area contributed by atoms with Gasteiger partial charge in [-0.25, -0.2) is 13.7 Å². The van der Waals surface area contributed by atoms with Crippen molar-refractivity contribution in [1.82, 2.24) is 24.8 Å². The van der Waals surface area contributed by atoms with Gasteiger partial charge in [-0.1, -0.05) is 25.4 Å². The maximum Gasteiger partial charge on any atom is 0.256 e. The van der Waals surface area contributed by atoms with E-state index >= 15 is 0 Å². The molecule has 1 aromatic carbocycles. The van der Waals surface area contributed by atoms with Gasteiger partial charge in [-0.15, -0.1) is 0 Å². The second-order valence-corrected chi connectivity index (χ2v) is 12.0. The molecule has 1 aliphatic carbocycles. The molecule has 6 rings (SSSR count). The maximum atomic E-state index is 13.8. The Morgan fingerprint density at radius 3 is 2.74 bits per heavy atom. The van der Waals surface area contributed by atoms with Crippen LogP contribution in [0.4, 0.5) is 11.5 Å². The summed E-state index contributed by atoms with van der Waals surface area (Å²) in [5.41, 5.74) is 3.58. The van der Waals surface area contributed by atoms with Crippen LogP contribution in [0.2, 0.25) is 5.02 Å². The van der Waals surface area contributed by atoms with Crippen molar-refractivity contribution < 1.29 is 9.00 Å². The third-order valence-electron chi connectivity index (χ3n) is 7.91. The van der Waals surface area contributed by atoms with Crippen molar-refractivity contribution in [2.75, 3.05) is 29.4 Å². The van der Waals surface area contributed by atoms with Crippen molar-refractivity contribution in [3.8, 4) is 0 Å². The van der Waals surface area contributed by atoms with Crippen molar-refractivity contribution in [1.29, 1.82) is 0 Å². The number of aromatic nitrogens is 3. The Morgan fingerprint density at radius 2 is 2.03 bits per heavy atom. The molecule has 3 N–H and O–H groups in total. The van der Waals surface area contributed by atoms with Gasteiger partial charge in [-0.05, 0) is 63.1 Å². The fourth-order valence-electron chi connectivity index (χ4n) is 6.10. The van der Waals surface area contributed by atoms with E-state index in [1.165, 1.54) is 12.7 Å². The Bertz CT molecular complexity index is 1380. The highest BCUT2D eigenvalue weighted by Crippen LogP contribution is 2.36. The van der Waals surface area contributed by atoms with E-state index in [0.717, 1.165) is 55.0 Å². The van der Waals surface area contributed by atoms with Crippen LogP contribution in [0.15, 0.2) is 30.5 Å². The van der Waals surface area contributed by atoms with Gasteiger partial charge in [0.15, 0.2) is 5.65 Å². The summed E-state index contributed by atoms with van der Waals surface area (Å²) < 4.78 is 16.5. The lowest BCUT2D eigenvalue weighted by atomic mass is 9.98. The molecule has 3 aromatic rings. The molecule has 2 aromatic heterocycles. The molecule has 0 radical (unpaired) electrons. The first-order valence-corrected chi connectivity index (χ1v) is 15.9. The van der Waals surface area contributed by atoms with Crippen LogP contribution in [-0.4, -0.2) is 61.0 Å². The third-order valence-corrected chi connectivity index (χ3v) is 8.65. The molecule has 11 heteroatoms. The minimum Gasteiger partial charge on any atom is -0.367 e. The number of rotatable bonds is 6. The number of hydrogen-bond acceptors (Lipinski definition) is 6. The van der Waals surface area contributed by atoms with Gasteiger partial charge in [0.05, 0.1) is 23.0 Å². The van der Waals surface area contributed by atoms with Crippen LogP contribution in [0.25, 0.3) is 5.65 Å². The highest BCUT2D eigenvalue weighted by Gasteiger charge is 2.39. The number of nitrogens with one attached hydrogen (secondary N) is 3. The van der Waals surface area contributed by atoms with Gasteiger partial charge >= 0.3 is 0 Å². The SMILES string of the molecule is CC.Cc1cn2nc(C3CCCCN3C(=O)c3cc(Cl)ccc3NS(C)=O)cc2nc1NC1CC2CC1CN2. The molecule has 2 bridgehead atoms. The first kappa shape index (κ1) is 27.9. The molecule has 5 unspecified atom stereocenters. The average Bonchev–Trinajstić information content (AvgIpc) is 3.66. The fourth-order valence-corrected chi connectivity index (χ4v) is 6.76. The number of benzene rings is 1. The van der Waals surface area contributed by atoms with Gasteiger partial charge in [0.1, 0.15) is 16.8 Å². The molecule has 1 saturated carbocycles. The summed E-state index contributed by atoms with van der Waals surface area (Å²) in [6.45, 7) is 7.75. The minimum absolute atomic E-state index is 0.145.